The summed E-state index contributed by atoms with van der Waals surface area (Å²) < 4.78 is 36.1. The highest BCUT2D eigenvalue weighted by atomic mass is 32.1. The molecule has 0 fully saturated rings. The van der Waals surface area contributed by atoms with Gasteiger partial charge in [0, 0.05) is 29.8 Å². The van der Waals surface area contributed by atoms with Crippen molar-refractivity contribution in [3.63, 3.8) is 0 Å². The zero-order chi connectivity index (χ0) is 21.5. The molecule has 0 radical (unpaired) electrons. The summed E-state index contributed by atoms with van der Waals surface area (Å²) >= 11 is 1.51. The van der Waals surface area contributed by atoms with Crippen molar-refractivity contribution < 1.29 is 18.3 Å². The number of hydrogen-bond acceptors (Lipinski definition) is 4. The van der Waals surface area contributed by atoms with Gasteiger partial charge in [0.1, 0.15) is 11.9 Å². The molecular weight excluding hydrogens is 420 g/mol. The van der Waals surface area contributed by atoms with Crippen LogP contribution in [0.25, 0.3) is 16.1 Å². The molecule has 0 spiro atoms. The lowest BCUT2D eigenvalue weighted by Gasteiger charge is -2.11. The van der Waals surface area contributed by atoms with Crippen molar-refractivity contribution in [1.29, 1.82) is 0 Å². The van der Waals surface area contributed by atoms with E-state index in [1.165, 1.54) is 23.5 Å². The Morgan fingerprint density at radius 2 is 2.10 bits per heavy atom. The van der Waals surface area contributed by atoms with E-state index in [1.54, 1.807) is 19.1 Å². The molecule has 2 aromatic heterocycles. The largest absolute Gasteiger partial charge is 0.485 e. The SMILES string of the molecule is Cc1ccc(-c2cc(F)c3c(c2)CC(CNC(=O)Cc2cn4ccsc4n2)O3)cc1F. The topological polar surface area (TPSA) is 55.6 Å². The van der Waals surface area contributed by atoms with E-state index in [4.69, 9.17) is 4.74 Å². The van der Waals surface area contributed by atoms with Crippen molar-refractivity contribution in [2.24, 2.45) is 0 Å². The summed E-state index contributed by atoms with van der Waals surface area (Å²) in [4.78, 5) is 17.5. The number of carbonyl (C=O) groups is 1. The number of nitrogens with one attached hydrogen (secondary N) is 1. The van der Waals surface area contributed by atoms with Gasteiger partial charge < -0.3 is 10.1 Å². The first-order valence-electron chi connectivity index (χ1n) is 9.89. The van der Waals surface area contributed by atoms with Crippen LogP contribution in [0.15, 0.2) is 48.1 Å². The zero-order valence-corrected chi connectivity index (χ0v) is 17.5. The Kier molecular flexibility index (Phi) is 4.94. The molecule has 1 atom stereocenters. The van der Waals surface area contributed by atoms with Gasteiger partial charge in [0.2, 0.25) is 5.91 Å². The van der Waals surface area contributed by atoms with Gasteiger partial charge in [0.25, 0.3) is 0 Å². The second-order valence-electron chi connectivity index (χ2n) is 7.66. The van der Waals surface area contributed by atoms with Gasteiger partial charge in [-0.1, -0.05) is 12.1 Å². The van der Waals surface area contributed by atoms with Crippen LogP contribution in [0, 0.1) is 18.6 Å². The second kappa shape index (κ2) is 7.77. The summed E-state index contributed by atoms with van der Waals surface area (Å²) in [5, 5.41) is 4.77. The van der Waals surface area contributed by atoms with Gasteiger partial charge in [0.15, 0.2) is 16.5 Å². The summed E-state index contributed by atoms with van der Waals surface area (Å²) in [5.74, 6) is -0.778. The number of aromatic nitrogens is 2. The molecule has 1 aliphatic heterocycles. The predicted molar refractivity (Wildman–Crippen MR) is 114 cm³/mol. The third kappa shape index (κ3) is 3.90. The first kappa shape index (κ1) is 19.7. The Balaban J connectivity index is 1.23. The standard InChI is InChI=1S/C23H19F2N3O2S/c1-13-2-3-14(8-19(13)24)15-6-16-7-18(30-22(16)20(25)9-15)11-26-21(29)10-17-12-28-4-5-31-23(28)27-17/h2-6,8-9,12,18H,7,10-11H2,1H3,(H,26,29). The second-order valence-corrected chi connectivity index (χ2v) is 8.53. The lowest BCUT2D eigenvalue weighted by Crippen LogP contribution is -2.35. The van der Waals surface area contributed by atoms with E-state index < -0.39 is 5.82 Å². The quantitative estimate of drug-likeness (QED) is 0.504. The highest BCUT2D eigenvalue weighted by Gasteiger charge is 2.27. The van der Waals surface area contributed by atoms with Gasteiger partial charge in [-0.05, 0) is 41.8 Å². The van der Waals surface area contributed by atoms with E-state index in [1.807, 2.05) is 28.2 Å². The molecule has 0 saturated carbocycles. The van der Waals surface area contributed by atoms with Gasteiger partial charge >= 0.3 is 0 Å². The molecule has 1 unspecified atom stereocenters. The molecule has 4 aromatic rings. The number of hydrogen-bond donors (Lipinski definition) is 1. The maximum absolute atomic E-state index is 14.6. The fraction of sp³-hybridized carbons (Fsp3) is 0.217. The number of aryl methyl sites for hydroxylation is 1. The molecule has 1 aliphatic rings. The molecule has 1 N–H and O–H groups in total. The number of imidazole rings is 1. The number of thiazole rings is 1. The van der Waals surface area contributed by atoms with Gasteiger partial charge in [0.05, 0.1) is 18.7 Å². The third-order valence-electron chi connectivity index (χ3n) is 5.37. The van der Waals surface area contributed by atoms with E-state index in [-0.39, 0.29) is 36.5 Å². The monoisotopic (exact) mass is 439 g/mol. The molecular formula is C23H19F2N3O2S. The van der Waals surface area contributed by atoms with Gasteiger partial charge in [-0.3, -0.25) is 9.20 Å². The maximum Gasteiger partial charge on any atom is 0.226 e. The molecule has 0 saturated heterocycles. The zero-order valence-electron chi connectivity index (χ0n) is 16.7. The van der Waals surface area contributed by atoms with Crippen molar-refractivity contribution in [2.75, 3.05) is 6.54 Å². The number of amides is 1. The molecule has 8 heteroatoms. The van der Waals surface area contributed by atoms with E-state index in [0.29, 0.717) is 34.4 Å². The minimum atomic E-state index is -0.486. The number of benzene rings is 2. The molecule has 31 heavy (non-hydrogen) atoms. The molecule has 5 rings (SSSR count). The number of carbonyl (C=O) groups excluding carboxylic acids is 1. The van der Waals surface area contributed by atoms with Crippen LogP contribution in [0.1, 0.15) is 16.8 Å². The average molecular weight is 439 g/mol. The van der Waals surface area contributed by atoms with Crippen LogP contribution in [0.5, 0.6) is 5.75 Å². The lowest BCUT2D eigenvalue weighted by atomic mass is 9.99. The Morgan fingerprint density at radius 3 is 2.90 bits per heavy atom. The number of halogens is 2. The van der Waals surface area contributed by atoms with Crippen molar-refractivity contribution in [2.45, 2.75) is 25.9 Å². The van der Waals surface area contributed by atoms with Crippen LogP contribution in [-0.4, -0.2) is 27.9 Å². The first-order chi connectivity index (χ1) is 15.0. The summed E-state index contributed by atoms with van der Waals surface area (Å²) in [7, 11) is 0. The molecule has 5 nitrogen and oxygen atoms in total. The Hall–Kier alpha value is -3.26. The fourth-order valence-corrected chi connectivity index (χ4v) is 4.48. The van der Waals surface area contributed by atoms with Crippen LogP contribution in [0.2, 0.25) is 0 Å². The van der Waals surface area contributed by atoms with Crippen LogP contribution in [-0.2, 0) is 17.6 Å². The number of nitrogens with zero attached hydrogens (tertiary/aromatic N) is 2. The van der Waals surface area contributed by atoms with Crippen molar-refractivity contribution >= 4 is 22.2 Å². The van der Waals surface area contributed by atoms with Crippen LogP contribution < -0.4 is 10.1 Å². The average Bonchev–Trinajstić information content (AvgIpc) is 3.43. The summed E-state index contributed by atoms with van der Waals surface area (Å²) in [6.45, 7) is 1.95. The van der Waals surface area contributed by atoms with E-state index in [9.17, 15) is 13.6 Å². The highest BCUT2D eigenvalue weighted by molar-refractivity contribution is 7.15. The smallest absolute Gasteiger partial charge is 0.226 e. The molecule has 1 amide bonds. The summed E-state index contributed by atoms with van der Waals surface area (Å²) in [5.41, 5.74) is 3.16. The van der Waals surface area contributed by atoms with Crippen molar-refractivity contribution in [1.82, 2.24) is 14.7 Å². The lowest BCUT2D eigenvalue weighted by molar-refractivity contribution is -0.120. The molecule has 158 valence electrons. The van der Waals surface area contributed by atoms with Gasteiger partial charge in [-0.25, -0.2) is 13.8 Å². The Bertz CT molecular complexity index is 1270. The Morgan fingerprint density at radius 1 is 1.26 bits per heavy atom. The van der Waals surface area contributed by atoms with Crippen LogP contribution >= 0.6 is 11.3 Å². The van der Waals surface area contributed by atoms with E-state index in [2.05, 4.69) is 10.3 Å². The van der Waals surface area contributed by atoms with E-state index in [0.717, 1.165) is 4.96 Å². The summed E-state index contributed by atoms with van der Waals surface area (Å²) in [6, 6.07) is 8.03. The van der Waals surface area contributed by atoms with Crippen molar-refractivity contribution in [3.8, 4) is 16.9 Å². The Labute approximate surface area is 181 Å². The number of rotatable bonds is 5. The third-order valence-corrected chi connectivity index (χ3v) is 6.14. The number of ether oxygens (including phenoxy) is 1. The van der Waals surface area contributed by atoms with Gasteiger partial charge in [-0.15, -0.1) is 11.3 Å². The van der Waals surface area contributed by atoms with Crippen molar-refractivity contribution in [3.05, 3.63) is 76.6 Å². The minimum Gasteiger partial charge on any atom is -0.485 e. The molecule has 2 aromatic carbocycles. The summed E-state index contributed by atoms with van der Waals surface area (Å²) in [6.07, 6.45) is 4.01. The maximum atomic E-state index is 14.6. The molecule has 0 aliphatic carbocycles. The van der Waals surface area contributed by atoms with Crippen LogP contribution in [0.3, 0.4) is 0 Å². The molecule has 0 bridgehead atoms. The fourth-order valence-electron chi connectivity index (χ4n) is 3.76. The first-order valence-corrected chi connectivity index (χ1v) is 10.8. The molecule has 3 heterocycles. The minimum absolute atomic E-state index is 0.165. The van der Waals surface area contributed by atoms with E-state index >= 15 is 0 Å². The van der Waals surface area contributed by atoms with Crippen LogP contribution in [0.4, 0.5) is 8.78 Å². The number of fused-ring (bicyclic) bond motifs is 2. The highest BCUT2D eigenvalue weighted by Crippen LogP contribution is 2.36. The van der Waals surface area contributed by atoms with Gasteiger partial charge in [-0.2, -0.15) is 0 Å². The predicted octanol–water partition coefficient (Wildman–Crippen LogP) is 4.31. The normalized spacial score (nSPS) is 15.1.